The number of aromatic nitrogens is 2. The van der Waals surface area contributed by atoms with Gasteiger partial charge in [0.05, 0.1) is 10.4 Å². The topological polar surface area (TPSA) is 64.6 Å². The maximum Gasteiger partial charge on any atom is 0.282 e. The van der Waals surface area contributed by atoms with E-state index in [4.69, 9.17) is 16.0 Å². The first-order chi connectivity index (χ1) is 15.5. The quantitative estimate of drug-likeness (QED) is 0.360. The number of aryl methyl sites for hydroxylation is 2. The first kappa shape index (κ1) is 19.8. The van der Waals surface area contributed by atoms with Gasteiger partial charge in [-0.2, -0.15) is 4.98 Å². The predicted molar refractivity (Wildman–Crippen MR) is 126 cm³/mol. The van der Waals surface area contributed by atoms with Gasteiger partial charge in [0, 0.05) is 16.5 Å². The third-order valence-electron chi connectivity index (χ3n) is 5.68. The van der Waals surface area contributed by atoms with Crippen LogP contribution in [0.2, 0.25) is 5.02 Å². The highest BCUT2D eigenvalue weighted by molar-refractivity contribution is 7.19. The summed E-state index contributed by atoms with van der Waals surface area (Å²) in [5.41, 5.74) is 1.21. The fraction of sp³-hybridized carbons (Fsp3) is 0.174. The molecule has 1 aliphatic carbocycles. The van der Waals surface area contributed by atoms with Gasteiger partial charge in [0.1, 0.15) is 26.7 Å². The Morgan fingerprint density at radius 2 is 1.97 bits per heavy atom. The van der Waals surface area contributed by atoms with Gasteiger partial charge in [0.15, 0.2) is 0 Å². The molecule has 0 unspecified atom stereocenters. The third kappa shape index (κ3) is 3.05. The fourth-order valence-corrected chi connectivity index (χ4v) is 6.73. The summed E-state index contributed by atoms with van der Waals surface area (Å²) in [5.74, 6) is 0.472. The lowest BCUT2D eigenvalue weighted by Crippen LogP contribution is -2.24. The van der Waals surface area contributed by atoms with Crippen molar-refractivity contribution in [3.63, 3.8) is 0 Å². The van der Waals surface area contributed by atoms with Gasteiger partial charge in [-0.25, -0.2) is 8.79 Å². The van der Waals surface area contributed by atoms with Crippen molar-refractivity contribution in [2.24, 2.45) is 0 Å². The van der Waals surface area contributed by atoms with Gasteiger partial charge in [0.25, 0.3) is 11.1 Å². The van der Waals surface area contributed by atoms with Crippen molar-refractivity contribution >= 4 is 55.5 Å². The zero-order valence-corrected chi connectivity index (χ0v) is 18.9. The molecule has 0 aliphatic heterocycles. The maximum atomic E-state index is 13.4. The largest absolute Gasteiger partial charge is 0.457 e. The lowest BCUT2D eigenvalue weighted by Gasteiger charge is -2.09. The minimum atomic E-state index is -0.501. The van der Waals surface area contributed by atoms with Crippen molar-refractivity contribution in [2.75, 3.05) is 0 Å². The van der Waals surface area contributed by atoms with Gasteiger partial charge < -0.3 is 4.42 Å². The molecular formula is C23H14ClFN2O3S2. The van der Waals surface area contributed by atoms with E-state index in [-0.39, 0.29) is 16.1 Å². The second-order valence-corrected chi connectivity index (χ2v) is 10.2. The molecule has 0 bridgehead atoms. The van der Waals surface area contributed by atoms with Crippen LogP contribution in [0.15, 0.2) is 44.3 Å². The van der Waals surface area contributed by atoms with Crippen LogP contribution < -0.4 is 15.7 Å². The monoisotopic (exact) mass is 484 g/mol. The standard InChI is InChI=1S/C23H14ClFN2O3S2/c24-14-9-11(5-7-15(14)25)16-8-6-12(30-16)10-18-21(29)27-22-19(20(28)26-23(27)32-18)13-3-1-2-4-17(13)31-22/h5-10H,1-4H2. The number of thiazole rings is 1. The summed E-state index contributed by atoms with van der Waals surface area (Å²) in [6.07, 6.45) is 5.59. The Kier molecular flexibility index (Phi) is 4.57. The molecule has 0 fully saturated rings. The smallest absolute Gasteiger partial charge is 0.282 e. The summed E-state index contributed by atoms with van der Waals surface area (Å²) < 4.78 is 21.3. The van der Waals surface area contributed by atoms with Crippen LogP contribution in [0.25, 0.3) is 32.6 Å². The molecule has 4 heterocycles. The van der Waals surface area contributed by atoms with E-state index in [1.807, 2.05) is 0 Å². The van der Waals surface area contributed by atoms with E-state index in [0.29, 0.717) is 36.8 Å². The molecule has 0 saturated carbocycles. The van der Waals surface area contributed by atoms with E-state index in [9.17, 15) is 14.0 Å². The van der Waals surface area contributed by atoms with Crippen LogP contribution >= 0.6 is 34.3 Å². The van der Waals surface area contributed by atoms with Crippen molar-refractivity contribution in [1.29, 1.82) is 0 Å². The van der Waals surface area contributed by atoms with Crippen LogP contribution in [0.1, 0.15) is 29.0 Å². The molecule has 0 atom stereocenters. The number of halogens is 2. The number of rotatable bonds is 2. The Bertz CT molecular complexity index is 1710. The fourth-order valence-electron chi connectivity index (χ4n) is 4.16. The molecule has 4 aromatic heterocycles. The van der Waals surface area contributed by atoms with E-state index in [0.717, 1.165) is 42.6 Å². The number of hydrogen-bond acceptors (Lipinski definition) is 6. The Balaban J connectivity index is 1.51. The molecule has 5 aromatic rings. The Hall–Kier alpha value is -2.81. The highest BCUT2D eigenvalue weighted by atomic mass is 35.5. The number of nitrogens with zero attached hydrogens (tertiary/aromatic N) is 2. The SMILES string of the molecule is O=c1nc2sc(=Cc3ccc(-c4ccc(F)c(Cl)c4)o3)c(=O)n2c2sc3c(c12)CCCC3. The summed E-state index contributed by atoms with van der Waals surface area (Å²) in [7, 11) is 0. The van der Waals surface area contributed by atoms with Gasteiger partial charge >= 0.3 is 0 Å². The Morgan fingerprint density at radius 3 is 2.81 bits per heavy atom. The average Bonchev–Trinajstić information content (AvgIpc) is 3.47. The lowest BCUT2D eigenvalue weighted by molar-refractivity contribution is 0.571. The van der Waals surface area contributed by atoms with Gasteiger partial charge in [0.2, 0.25) is 4.96 Å². The molecule has 0 radical (unpaired) electrons. The molecule has 0 N–H and O–H groups in total. The molecule has 160 valence electrons. The molecule has 32 heavy (non-hydrogen) atoms. The average molecular weight is 485 g/mol. The summed E-state index contributed by atoms with van der Waals surface area (Å²) in [6, 6.07) is 7.81. The van der Waals surface area contributed by atoms with E-state index in [1.54, 1.807) is 28.7 Å². The summed E-state index contributed by atoms with van der Waals surface area (Å²) in [6.45, 7) is 0. The van der Waals surface area contributed by atoms with Crippen molar-refractivity contribution in [3.05, 3.63) is 82.6 Å². The molecule has 1 aromatic carbocycles. The molecule has 6 rings (SSSR count). The van der Waals surface area contributed by atoms with E-state index >= 15 is 0 Å². The first-order valence-electron chi connectivity index (χ1n) is 10.1. The van der Waals surface area contributed by atoms with Crippen molar-refractivity contribution < 1.29 is 8.81 Å². The lowest BCUT2D eigenvalue weighted by atomic mass is 9.97. The van der Waals surface area contributed by atoms with Crippen molar-refractivity contribution in [1.82, 2.24) is 9.38 Å². The van der Waals surface area contributed by atoms with E-state index in [2.05, 4.69) is 4.98 Å². The van der Waals surface area contributed by atoms with E-state index in [1.165, 1.54) is 28.3 Å². The predicted octanol–water partition coefficient (Wildman–Crippen LogP) is 4.81. The van der Waals surface area contributed by atoms with Crippen LogP contribution in [0.4, 0.5) is 4.39 Å². The van der Waals surface area contributed by atoms with Gasteiger partial charge in [-0.3, -0.25) is 9.59 Å². The number of hydrogen-bond donors (Lipinski definition) is 0. The molecule has 5 nitrogen and oxygen atoms in total. The molecule has 1 aliphatic rings. The van der Waals surface area contributed by atoms with Crippen molar-refractivity contribution in [3.8, 4) is 11.3 Å². The molecule has 9 heteroatoms. The van der Waals surface area contributed by atoms with Gasteiger partial charge in [-0.15, -0.1) is 11.3 Å². The zero-order chi connectivity index (χ0) is 22.0. The first-order valence-corrected chi connectivity index (χ1v) is 12.1. The second-order valence-electron chi connectivity index (χ2n) is 7.67. The van der Waals surface area contributed by atoms with Crippen molar-refractivity contribution in [2.45, 2.75) is 25.7 Å². The highest BCUT2D eigenvalue weighted by Crippen LogP contribution is 2.34. The number of fused-ring (bicyclic) bond motifs is 5. The maximum absolute atomic E-state index is 13.4. The number of benzene rings is 1. The Labute approximate surface area is 193 Å². The van der Waals surface area contributed by atoms with Crippen LogP contribution in [-0.4, -0.2) is 9.38 Å². The van der Waals surface area contributed by atoms with Gasteiger partial charge in [-0.1, -0.05) is 22.9 Å². The van der Waals surface area contributed by atoms with Crippen LogP contribution in [0.5, 0.6) is 0 Å². The molecular weight excluding hydrogens is 471 g/mol. The minimum absolute atomic E-state index is 0.00864. The number of thiophene rings is 1. The minimum Gasteiger partial charge on any atom is -0.457 e. The molecule has 0 amide bonds. The molecule has 0 saturated heterocycles. The van der Waals surface area contributed by atoms with Crippen LogP contribution in [0.3, 0.4) is 0 Å². The van der Waals surface area contributed by atoms with Crippen LogP contribution in [0, 0.1) is 5.82 Å². The summed E-state index contributed by atoms with van der Waals surface area (Å²) in [5, 5.41) is 0.603. The summed E-state index contributed by atoms with van der Waals surface area (Å²) >= 11 is 8.56. The third-order valence-corrected chi connectivity index (χ3v) is 8.21. The normalized spacial score (nSPS) is 14.5. The zero-order valence-electron chi connectivity index (χ0n) is 16.5. The number of furan rings is 1. The summed E-state index contributed by atoms with van der Waals surface area (Å²) in [4.78, 5) is 32.4. The van der Waals surface area contributed by atoms with Crippen LogP contribution in [-0.2, 0) is 12.8 Å². The second kappa shape index (κ2) is 7.37. The molecule has 0 spiro atoms. The Morgan fingerprint density at radius 1 is 1.12 bits per heavy atom. The van der Waals surface area contributed by atoms with E-state index < -0.39 is 5.82 Å². The van der Waals surface area contributed by atoms with Gasteiger partial charge in [-0.05, 0) is 61.6 Å². The highest BCUT2D eigenvalue weighted by Gasteiger charge is 2.22.